The molecule has 0 bridgehead atoms. The number of alkyl halides is 3. The molecule has 0 aliphatic heterocycles. The maximum atomic E-state index is 12.7. The standard InChI is InChI=1S/C13H17F4NO2S/c1-2-10(13(15,16)17)4-3-9-18-21(19,20)12-7-5-11(14)6-8-12/h5-8,10,18H,2-4,9H2,1H3. The van der Waals surface area contributed by atoms with Crippen LogP contribution in [0.15, 0.2) is 29.2 Å². The third-order valence-electron chi connectivity index (χ3n) is 3.10. The smallest absolute Gasteiger partial charge is 0.211 e. The summed E-state index contributed by atoms with van der Waals surface area (Å²) in [5, 5.41) is 0. The summed E-state index contributed by atoms with van der Waals surface area (Å²) < 4.78 is 76.0. The number of hydrogen-bond donors (Lipinski definition) is 1. The van der Waals surface area contributed by atoms with Crippen LogP contribution in [0, 0.1) is 11.7 Å². The Hall–Kier alpha value is -1.15. The van der Waals surface area contributed by atoms with Crippen molar-refractivity contribution in [1.82, 2.24) is 4.72 Å². The first-order valence-corrected chi connectivity index (χ1v) is 7.97. The van der Waals surface area contributed by atoms with Gasteiger partial charge < -0.3 is 0 Å². The molecule has 0 spiro atoms. The predicted octanol–water partition coefficient (Wildman–Crippen LogP) is 3.47. The fraction of sp³-hybridized carbons (Fsp3) is 0.538. The van der Waals surface area contributed by atoms with Crippen molar-refractivity contribution in [2.24, 2.45) is 5.92 Å². The average molecular weight is 327 g/mol. The average Bonchev–Trinajstić information content (AvgIpc) is 2.37. The Morgan fingerprint density at radius 1 is 1.19 bits per heavy atom. The topological polar surface area (TPSA) is 46.2 Å². The zero-order valence-electron chi connectivity index (χ0n) is 11.5. The molecule has 0 heterocycles. The lowest BCUT2D eigenvalue weighted by molar-refractivity contribution is -0.177. The van der Waals surface area contributed by atoms with Crippen LogP contribution in [0.5, 0.6) is 0 Å². The summed E-state index contributed by atoms with van der Waals surface area (Å²) in [4.78, 5) is -0.119. The van der Waals surface area contributed by atoms with Crippen LogP contribution in [0.4, 0.5) is 17.6 Å². The lowest BCUT2D eigenvalue weighted by atomic mass is 10.00. The Morgan fingerprint density at radius 3 is 2.24 bits per heavy atom. The third-order valence-corrected chi connectivity index (χ3v) is 4.58. The molecule has 1 unspecified atom stereocenters. The van der Waals surface area contributed by atoms with E-state index in [1.165, 1.54) is 6.92 Å². The Bertz CT molecular complexity index is 540. The van der Waals surface area contributed by atoms with E-state index in [1.807, 2.05) is 0 Å². The van der Waals surface area contributed by atoms with Crippen LogP contribution in [0.25, 0.3) is 0 Å². The molecular weight excluding hydrogens is 310 g/mol. The lowest BCUT2D eigenvalue weighted by Crippen LogP contribution is -2.27. The van der Waals surface area contributed by atoms with Gasteiger partial charge in [0, 0.05) is 6.54 Å². The van der Waals surface area contributed by atoms with Crippen LogP contribution in [0.3, 0.4) is 0 Å². The molecular formula is C13H17F4NO2S. The number of benzene rings is 1. The minimum atomic E-state index is -4.26. The van der Waals surface area contributed by atoms with Crippen LogP contribution >= 0.6 is 0 Å². The Balaban J connectivity index is 2.50. The molecule has 21 heavy (non-hydrogen) atoms. The van der Waals surface area contributed by atoms with E-state index in [-0.39, 0.29) is 30.7 Å². The van der Waals surface area contributed by atoms with Crippen LogP contribution in [-0.4, -0.2) is 21.1 Å². The monoisotopic (exact) mass is 327 g/mol. The second kappa shape index (κ2) is 7.22. The molecule has 0 radical (unpaired) electrons. The molecule has 1 rings (SSSR count). The van der Waals surface area contributed by atoms with Gasteiger partial charge in [0.05, 0.1) is 10.8 Å². The predicted molar refractivity (Wildman–Crippen MR) is 70.7 cm³/mol. The maximum absolute atomic E-state index is 12.7. The first-order valence-electron chi connectivity index (χ1n) is 6.48. The van der Waals surface area contributed by atoms with Crippen molar-refractivity contribution < 1.29 is 26.0 Å². The molecule has 0 amide bonds. The lowest BCUT2D eigenvalue weighted by Gasteiger charge is -2.18. The summed E-state index contributed by atoms with van der Waals surface area (Å²) in [5.74, 6) is -1.99. The molecule has 3 nitrogen and oxygen atoms in total. The minimum absolute atomic E-state index is 0.0335. The summed E-state index contributed by atoms with van der Waals surface area (Å²) >= 11 is 0. The highest BCUT2D eigenvalue weighted by Gasteiger charge is 2.37. The highest BCUT2D eigenvalue weighted by atomic mass is 32.2. The van der Waals surface area contributed by atoms with E-state index in [1.54, 1.807) is 0 Å². The minimum Gasteiger partial charge on any atom is -0.211 e. The number of sulfonamides is 1. The molecule has 0 fully saturated rings. The number of hydrogen-bond acceptors (Lipinski definition) is 2. The van der Waals surface area contributed by atoms with Gasteiger partial charge in [0.25, 0.3) is 0 Å². The normalized spacial score (nSPS) is 14.1. The second-order valence-corrected chi connectivity index (χ2v) is 6.41. The number of halogens is 4. The first kappa shape index (κ1) is 17.9. The van der Waals surface area contributed by atoms with E-state index in [4.69, 9.17) is 0 Å². The van der Waals surface area contributed by atoms with E-state index in [2.05, 4.69) is 4.72 Å². The SMILES string of the molecule is CCC(CCCNS(=O)(=O)c1ccc(F)cc1)C(F)(F)F. The third kappa shape index (κ3) is 5.62. The largest absolute Gasteiger partial charge is 0.391 e. The van der Waals surface area contributed by atoms with Crippen molar-refractivity contribution >= 4 is 10.0 Å². The summed E-state index contributed by atoms with van der Waals surface area (Å²) in [5.41, 5.74) is 0. The molecule has 8 heteroatoms. The van der Waals surface area contributed by atoms with Gasteiger partial charge in [-0.15, -0.1) is 0 Å². The molecule has 0 aliphatic rings. The Morgan fingerprint density at radius 2 is 1.76 bits per heavy atom. The van der Waals surface area contributed by atoms with E-state index in [0.717, 1.165) is 24.3 Å². The van der Waals surface area contributed by atoms with Gasteiger partial charge in [-0.1, -0.05) is 6.92 Å². The van der Waals surface area contributed by atoms with Crippen molar-refractivity contribution in [2.45, 2.75) is 37.3 Å². The second-order valence-electron chi connectivity index (χ2n) is 4.64. The summed E-state index contributed by atoms with van der Waals surface area (Å²) in [7, 11) is -3.82. The molecule has 1 N–H and O–H groups in total. The van der Waals surface area contributed by atoms with Crippen molar-refractivity contribution in [1.29, 1.82) is 0 Å². The first-order chi connectivity index (χ1) is 9.66. The number of rotatable bonds is 7. The molecule has 120 valence electrons. The zero-order valence-corrected chi connectivity index (χ0v) is 12.3. The van der Waals surface area contributed by atoms with E-state index < -0.39 is 27.9 Å². The van der Waals surface area contributed by atoms with E-state index >= 15 is 0 Å². The fourth-order valence-corrected chi connectivity index (χ4v) is 2.93. The van der Waals surface area contributed by atoms with Gasteiger partial charge in [-0.05, 0) is 43.5 Å². The molecule has 1 aromatic rings. The molecule has 0 aliphatic carbocycles. The number of nitrogens with one attached hydrogen (secondary N) is 1. The van der Waals surface area contributed by atoms with Gasteiger partial charge in [-0.2, -0.15) is 13.2 Å². The van der Waals surface area contributed by atoms with E-state index in [0.29, 0.717) is 0 Å². The molecule has 0 saturated carbocycles. The van der Waals surface area contributed by atoms with Gasteiger partial charge in [0.2, 0.25) is 10.0 Å². The quantitative estimate of drug-likeness (QED) is 0.616. The molecule has 1 atom stereocenters. The van der Waals surface area contributed by atoms with Crippen molar-refractivity contribution in [2.75, 3.05) is 6.54 Å². The highest BCUT2D eigenvalue weighted by Crippen LogP contribution is 2.31. The summed E-state index contributed by atoms with van der Waals surface area (Å²) in [6.45, 7) is 1.35. The summed E-state index contributed by atoms with van der Waals surface area (Å²) in [6.07, 6.45) is -4.34. The van der Waals surface area contributed by atoms with Crippen molar-refractivity contribution in [3.8, 4) is 0 Å². The highest BCUT2D eigenvalue weighted by molar-refractivity contribution is 7.89. The van der Waals surface area contributed by atoms with Crippen LogP contribution in [0.1, 0.15) is 26.2 Å². The van der Waals surface area contributed by atoms with Crippen LogP contribution < -0.4 is 4.72 Å². The zero-order chi connectivity index (χ0) is 16.1. The molecule has 0 saturated heterocycles. The Kier molecular flexibility index (Phi) is 6.15. The summed E-state index contributed by atoms with van der Waals surface area (Å²) in [6, 6.07) is 4.21. The van der Waals surface area contributed by atoms with Crippen LogP contribution in [-0.2, 0) is 10.0 Å². The van der Waals surface area contributed by atoms with Gasteiger partial charge in [0.1, 0.15) is 5.82 Å². The molecule has 1 aromatic carbocycles. The molecule has 0 aromatic heterocycles. The van der Waals surface area contributed by atoms with Gasteiger partial charge in [-0.25, -0.2) is 17.5 Å². The van der Waals surface area contributed by atoms with E-state index in [9.17, 15) is 26.0 Å². The van der Waals surface area contributed by atoms with Crippen LogP contribution in [0.2, 0.25) is 0 Å². The van der Waals surface area contributed by atoms with Crippen molar-refractivity contribution in [3.63, 3.8) is 0 Å². The van der Waals surface area contributed by atoms with Gasteiger partial charge in [0.15, 0.2) is 0 Å². The fourth-order valence-electron chi connectivity index (χ4n) is 1.85. The van der Waals surface area contributed by atoms with Gasteiger partial charge >= 0.3 is 6.18 Å². The maximum Gasteiger partial charge on any atom is 0.391 e. The Labute approximate surface area is 121 Å². The van der Waals surface area contributed by atoms with Crippen molar-refractivity contribution in [3.05, 3.63) is 30.1 Å². The van der Waals surface area contributed by atoms with Gasteiger partial charge in [-0.3, -0.25) is 0 Å².